The Morgan fingerprint density at radius 3 is 2.62 bits per heavy atom. The van der Waals surface area contributed by atoms with Gasteiger partial charge in [-0.15, -0.1) is 0 Å². The first kappa shape index (κ1) is 11.3. The maximum Gasteiger partial charge on any atom is 0.136 e. The van der Waals surface area contributed by atoms with Gasteiger partial charge in [0, 0.05) is 18.8 Å². The predicted octanol–water partition coefficient (Wildman–Crippen LogP) is 1.87. The summed E-state index contributed by atoms with van der Waals surface area (Å²) in [5.41, 5.74) is 0. The molecule has 1 heterocycles. The zero-order chi connectivity index (χ0) is 9.68. The average Bonchev–Trinajstić information content (AvgIpc) is 2.15. The Morgan fingerprint density at radius 2 is 2.08 bits per heavy atom. The van der Waals surface area contributed by atoms with E-state index < -0.39 is 0 Å². The van der Waals surface area contributed by atoms with E-state index in [-0.39, 0.29) is 6.10 Å². The molecule has 1 unspecified atom stereocenters. The van der Waals surface area contributed by atoms with Crippen LogP contribution in [0.25, 0.3) is 0 Å². The maximum atomic E-state index is 9.10. The van der Waals surface area contributed by atoms with E-state index in [1.807, 2.05) is 0 Å². The largest absolute Gasteiger partial charge is 0.393 e. The predicted molar refractivity (Wildman–Crippen MR) is 62.2 cm³/mol. The van der Waals surface area contributed by atoms with Crippen LogP contribution < -0.4 is 0 Å². The molecule has 2 nitrogen and oxygen atoms in total. The summed E-state index contributed by atoms with van der Waals surface area (Å²) in [7, 11) is 0. The summed E-state index contributed by atoms with van der Waals surface area (Å²) in [6.45, 7) is 4.00. The molecule has 1 aliphatic rings. The molecule has 0 amide bonds. The fourth-order valence-corrected chi connectivity index (χ4v) is 2.50. The first-order valence-electron chi connectivity index (χ1n) is 4.80. The second-order valence-corrected chi connectivity index (χ2v) is 5.13. The van der Waals surface area contributed by atoms with Crippen LogP contribution in [0.15, 0.2) is 0 Å². The van der Waals surface area contributed by atoms with Gasteiger partial charge in [0.2, 0.25) is 0 Å². The van der Waals surface area contributed by atoms with Gasteiger partial charge in [-0.2, -0.15) is 0 Å². The number of aliphatic hydroxyl groups is 1. The monoisotopic (exact) mass is 219 g/mol. The van der Waals surface area contributed by atoms with E-state index in [0.29, 0.717) is 0 Å². The molecule has 4 heteroatoms. The van der Waals surface area contributed by atoms with Crippen LogP contribution in [0, 0.1) is 0 Å². The summed E-state index contributed by atoms with van der Waals surface area (Å²) in [5.74, 6) is 0.718. The van der Waals surface area contributed by atoms with Gasteiger partial charge >= 0.3 is 0 Å². The van der Waals surface area contributed by atoms with E-state index in [4.69, 9.17) is 17.3 Å². The molecule has 0 saturated carbocycles. The molecule has 0 aromatic carbocycles. The van der Waals surface area contributed by atoms with Crippen molar-refractivity contribution in [2.75, 3.05) is 18.8 Å². The molecule has 1 rings (SSSR count). The van der Waals surface area contributed by atoms with Crippen LogP contribution in [0.4, 0.5) is 0 Å². The minimum Gasteiger partial charge on any atom is -0.393 e. The fourth-order valence-electron chi connectivity index (χ4n) is 1.36. The highest BCUT2D eigenvalue weighted by Gasteiger charge is 2.13. The smallest absolute Gasteiger partial charge is 0.136 e. The van der Waals surface area contributed by atoms with Crippen molar-refractivity contribution in [2.45, 2.75) is 32.3 Å². The molecule has 13 heavy (non-hydrogen) atoms. The molecule has 1 fully saturated rings. The van der Waals surface area contributed by atoms with Crippen LogP contribution in [-0.4, -0.2) is 39.3 Å². The third-order valence-corrected chi connectivity index (χ3v) is 3.83. The molecule has 0 bridgehead atoms. The summed E-state index contributed by atoms with van der Waals surface area (Å²) in [4.78, 5) is 2.26. The Morgan fingerprint density at radius 1 is 1.46 bits per heavy atom. The fraction of sp³-hybridized carbons (Fsp3) is 0.889. The number of hydrogen-bond acceptors (Lipinski definition) is 3. The Kier molecular flexibility index (Phi) is 5.06. The number of likely N-dealkylation sites (tertiary alicyclic amines) is 1. The van der Waals surface area contributed by atoms with Crippen LogP contribution in [-0.2, 0) is 0 Å². The molecule has 76 valence electrons. The van der Waals surface area contributed by atoms with Crippen molar-refractivity contribution in [3.63, 3.8) is 0 Å². The number of hydrogen-bond donors (Lipinski definition) is 1. The topological polar surface area (TPSA) is 23.5 Å². The van der Waals surface area contributed by atoms with E-state index in [1.165, 1.54) is 19.3 Å². The number of thioether (sulfide) groups is 1. The molecule has 1 aliphatic heterocycles. The summed E-state index contributed by atoms with van der Waals surface area (Å²) in [5, 5.41) is 9.10. The normalized spacial score (nSPS) is 20.0. The van der Waals surface area contributed by atoms with E-state index >= 15 is 0 Å². The lowest BCUT2D eigenvalue weighted by Crippen LogP contribution is -2.33. The summed E-state index contributed by atoms with van der Waals surface area (Å²) < 4.78 is 0.959. The zero-order valence-electron chi connectivity index (χ0n) is 8.03. The summed E-state index contributed by atoms with van der Waals surface area (Å²) >= 11 is 6.87. The van der Waals surface area contributed by atoms with Crippen LogP contribution in [0.3, 0.4) is 0 Å². The van der Waals surface area contributed by atoms with E-state index in [2.05, 4.69) is 4.90 Å². The molecule has 0 spiro atoms. The molecule has 0 radical (unpaired) electrons. The number of piperidine rings is 1. The minimum atomic E-state index is -0.257. The second kappa shape index (κ2) is 5.83. The van der Waals surface area contributed by atoms with Crippen LogP contribution in [0.5, 0.6) is 0 Å². The van der Waals surface area contributed by atoms with E-state index in [1.54, 1.807) is 18.7 Å². The van der Waals surface area contributed by atoms with Gasteiger partial charge in [0.1, 0.15) is 4.32 Å². The highest BCUT2D eigenvalue weighted by Crippen LogP contribution is 2.16. The lowest BCUT2D eigenvalue weighted by molar-refractivity contribution is 0.220. The van der Waals surface area contributed by atoms with Gasteiger partial charge in [0.05, 0.1) is 6.10 Å². The van der Waals surface area contributed by atoms with Gasteiger partial charge in [0.25, 0.3) is 0 Å². The SMILES string of the molecule is CC(O)CSC(=S)N1CCCCC1. The first-order valence-corrected chi connectivity index (χ1v) is 6.19. The summed E-state index contributed by atoms with van der Waals surface area (Å²) in [6, 6.07) is 0. The first-order chi connectivity index (χ1) is 6.20. The number of thiocarbonyl (C=S) groups is 1. The molecule has 0 aromatic heterocycles. The number of aliphatic hydroxyl groups excluding tert-OH is 1. The third-order valence-electron chi connectivity index (χ3n) is 2.06. The van der Waals surface area contributed by atoms with Crippen molar-refractivity contribution in [3.8, 4) is 0 Å². The van der Waals surface area contributed by atoms with E-state index in [9.17, 15) is 0 Å². The van der Waals surface area contributed by atoms with Crippen LogP contribution >= 0.6 is 24.0 Å². The van der Waals surface area contributed by atoms with Gasteiger partial charge in [-0.1, -0.05) is 24.0 Å². The van der Waals surface area contributed by atoms with Gasteiger partial charge in [0.15, 0.2) is 0 Å². The van der Waals surface area contributed by atoms with Gasteiger partial charge < -0.3 is 10.0 Å². The number of nitrogens with zero attached hydrogens (tertiary/aromatic N) is 1. The van der Waals surface area contributed by atoms with Crippen molar-refractivity contribution in [1.82, 2.24) is 4.90 Å². The van der Waals surface area contributed by atoms with Crippen LogP contribution in [0.2, 0.25) is 0 Å². The van der Waals surface area contributed by atoms with Crippen molar-refractivity contribution >= 4 is 28.3 Å². The quantitative estimate of drug-likeness (QED) is 0.716. The Labute approximate surface area is 89.7 Å². The van der Waals surface area contributed by atoms with Gasteiger partial charge in [-0.3, -0.25) is 0 Å². The zero-order valence-corrected chi connectivity index (χ0v) is 9.66. The standard InChI is InChI=1S/C9H17NOS2/c1-8(11)7-13-9(12)10-5-3-2-4-6-10/h8,11H,2-7H2,1H3. The molecular formula is C9H17NOS2. The number of rotatable bonds is 2. The minimum absolute atomic E-state index is 0.257. The molecule has 1 saturated heterocycles. The van der Waals surface area contributed by atoms with Crippen LogP contribution in [0.1, 0.15) is 26.2 Å². The van der Waals surface area contributed by atoms with E-state index in [0.717, 1.165) is 23.2 Å². The Bertz CT molecular complexity index is 167. The Hall–Kier alpha value is 0.200. The van der Waals surface area contributed by atoms with Crippen molar-refractivity contribution in [1.29, 1.82) is 0 Å². The van der Waals surface area contributed by atoms with Gasteiger partial charge in [-0.25, -0.2) is 0 Å². The van der Waals surface area contributed by atoms with Crippen molar-refractivity contribution in [3.05, 3.63) is 0 Å². The molecule has 0 aromatic rings. The molecule has 1 N–H and O–H groups in total. The summed E-state index contributed by atoms with van der Waals surface area (Å²) in [6.07, 6.45) is 3.60. The lowest BCUT2D eigenvalue weighted by Gasteiger charge is -2.28. The maximum absolute atomic E-state index is 9.10. The lowest BCUT2D eigenvalue weighted by atomic mass is 10.1. The average molecular weight is 219 g/mol. The molecule has 0 aliphatic carbocycles. The van der Waals surface area contributed by atoms with Crippen molar-refractivity contribution in [2.24, 2.45) is 0 Å². The van der Waals surface area contributed by atoms with Gasteiger partial charge in [-0.05, 0) is 26.2 Å². The second-order valence-electron chi connectivity index (χ2n) is 3.47. The highest BCUT2D eigenvalue weighted by atomic mass is 32.2. The van der Waals surface area contributed by atoms with Crippen molar-refractivity contribution < 1.29 is 5.11 Å². The Balaban J connectivity index is 2.21. The highest BCUT2D eigenvalue weighted by molar-refractivity contribution is 8.22. The third kappa shape index (κ3) is 4.29. The molecule has 1 atom stereocenters. The molecular weight excluding hydrogens is 202 g/mol.